The first-order valence-electron chi connectivity index (χ1n) is 5.79. The minimum Gasteiger partial charge on any atom is -0.337 e. The molecule has 0 aromatic carbocycles. The SMILES string of the molecule is CC(=O)N1CCc2c(sc3nc(C)c(C)n23)C1. The zero-order valence-corrected chi connectivity index (χ0v) is 11.1. The summed E-state index contributed by atoms with van der Waals surface area (Å²) in [6.45, 7) is 7.37. The van der Waals surface area contributed by atoms with E-state index in [4.69, 9.17) is 0 Å². The number of aryl methyl sites for hydroxylation is 2. The predicted molar refractivity (Wildman–Crippen MR) is 67.3 cm³/mol. The normalized spacial score (nSPS) is 15.4. The first-order chi connectivity index (χ1) is 8.08. The van der Waals surface area contributed by atoms with Crippen molar-refractivity contribution in [3.8, 4) is 0 Å². The molecule has 1 aliphatic heterocycles. The van der Waals surface area contributed by atoms with Gasteiger partial charge in [0, 0.05) is 36.2 Å². The van der Waals surface area contributed by atoms with Crippen LogP contribution in [0, 0.1) is 13.8 Å². The molecule has 1 amide bonds. The van der Waals surface area contributed by atoms with Gasteiger partial charge in [0.15, 0.2) is 4.96 Å². The van der Waals surface area contributed by atoms with Crippen molar-refractivity contribution >= 4 is 22.2 Å². The summed E-state index contributed by atoms with van der Waals surface area (Å²) in [4.78, 5) is 20.2. The fourth-order valence-corrected chi connectivity index (χ4v) is 3.67. The van der Waals surface area contributed by atoms with Crippen molar-refractivity contribution in [3.05, 3.63) is 22.0 Å². The topological polar surface area (TPSA) is 37.6 Å². The first kappa shape index (κ1) is 10.8. The van der Waals surface area contributed by atoms with Crippen molar-refractivity contribution in [1.29, 1.82) is 0 Å². The van der Waals surface area contributed by atoms with E-state index in [1.807, 2.05) is 11.8 Å². The number of carbonyl (C=O) groups excluding carboxylic acids is 1. The molecule has 0 fully saturated rings. The number of carbonyl (C=O) groups is 1. The second-order valence-electron chi connectivity index (χ2n) is 4.56. The molecular weight excluding hydrogens is 234 g/mol. The minimum atomic E-state index is 0.162. The van der Waals surface area contributed by atoms with E-state index in [1.54, 1.807) is 18.3 Å². The van der Waals surface area contributed by atoms with Gasteiger partial charge in [-0.15, -0.1) is 0 Å². The van der Waals surface area contributed by atoms with Gasteiger partial charge in [-0.05, 0) is 13.8 Å². The van der Waals surface area contributed by atoms with Crippen molar-refractivity contribution in [2.24, 2.45) is 0 Å². The molecule has 0 saturated carbocycles. The zero-order valence-electron chi connectivity index (χ0n) is 10.3. The summed E-state index contributed by atoms with van der Waals surface area (Å²) in [7, 11) is 0. The van der Waals surface area contributed by atoms with E-state index in [2.05, 4.69) is 16.3 Å². The molecule has 0 atom stereocenters. The van der Waals surface area contributed by atoms with Crippen LogP contribution in [0.5, 0.6) is 0 Å². The standard InChI is InChI=1S/C12H15N3OS/c1-7-8(2)15-10-4-5-14(9(3)16)6-11(10)17-12(15)13-7/h4-6H2,1-3H3. The van der Waals surface area contributed by atoms with Gasteiger partial charge in [0.1, 0.15) is 0 Å². The van der Waals surface area contributed by atoms with Crippen LogP contribution in [0.2, 0.25) is 0 Å². The third-order valence-corrected chi connectivity index (χ3v) is 4.59. The molecule has 0 aliphatic carbocycles. The Bertz CT molecular complexity index is 611. The number of rotatable bonds is 0. The quantitative estimate of drug-likeness (QED) is 0.715. The van der Waals surface area contributed by atoms with E-state index in [0.29, 0.717) is 0 Å². The lowest BCUT2D eigenvalue weighted by Gasteiger charge is -2.25. The Labute approximate surface area is 104 Å². The summed E-state index contributed by atoms with van der Waals surface area (Å²) in [6, 6.07) is 0. The summed E-state index contributed by atoms with van der Waals surface area (Å²) in [6.07, 6.45) is 0.936. The van der Waals surface area contributed by atoms with Crippen LogP contribution in [0.25, 0.3) is 4.96 Å². The highest BCUT2D eigenvalue weighted by molar-refractivity contribution is 7.17. The average molecular weight is 249 g/mol. The van der Waals surface area contributed by atoms with Crippen molar-refractivity contribution in [2.75, 3.05) is 6.54 Å². The fraction of sp³-hybridized carbons (Fsp3) is 0.500. The molecule has 0 radical (unpaired) electrons. The smallest absolute Gasteiger partial charge is 0.219 e. The van der Waals surface area contributed by atoms with Gasteiger partial charge in [-0.1, -0.05) is 11.3 Å². The molecule has 0 spiro atoms. The first-order valence-corrected chi connectivity index (χ1v) is 6.61. The van der Waals surface area contributed by atoms with Gasteiger partial charge in [0.2, 0.25) is 5.91 Å². The van der Waals surface area contributed by atoms with Crippen LogP contribution in [0.15, 0.2) is 0 Å². The lowest BCUT2D eigenvalue weighted by atomic mass is 10.1. The lowest BCUT2D eigenvalue weighted by molar-refractivity contribution is -0.129. The van der Waals surface area contributed by atoms with Crippen molar-refractivity contribution in [3.63, 3.8) is 0 Å². The second-order valence-corrected chi connectivity index (χ2v) is 5.63. The molecule has 1 aliphatic rings. The number of thiazole rings is 1. The second kappa shape index (κ2) is 3.57. The number of nitrogens with zero attached hydrogens (tertiary/aromatic N) is 3. The monoisotopic (exact) mass is 249 g/mol. The number of aromatic nitrogens is 2. The third kappa shape index (κ3) is 1.49. The maximum atomic E-state index is 11.4. The molecule has 0 bridgehead atoms. The summed E-state index contributed by atoms with van der Waals surface area (Å²) in [5, 5.41) is 0. The molecule has 2 aromatic heterocycles. The summed E-state index contributed by atoms with van der Waals surface area (Å²) in [5.41, 5.74) is 3.68. The van der Waals surface area contributed by atoms with Gasteiger partial charge in [-0.3, -0.25) is 9.20 Å². The highest BCUT2D eigenvalue weighted by atomic mass is 32.1. The van der Waals surface area contributed by atoms with Crippen molar-refractivity contribution in [2.45, 2.75) is 33.7 Å². The predicted octanol–water partition coefficient (Wildman–Crippen LogP) is 1.92. The van der Waals surface area contributed by atoms with Crippen LogP contribution in [-0.2, 0) is 17.8 Å². The number of imidazole rings is 1. The van der Waals surface area contributed by atoms with Gasteiger partial charge in [0.05, 0.1) is 12.2 Å². The zero-order chi connectivity index (χ0) is 12.2. The Morgan fingerprint density at radius 2 is 2.18 bits per heavy atom. The van der Waals surface area contributed by atoms with E-state index in [1.165, 1.54) is 16.3 Å². The molecule has 2 aromatic rings. The maximum absolute atomic E-state index is 11.4. The molecule has 0 unspecified atom stereocenters. The third-order valence-electron chi connectivity index (χ3n) is 3.52. The molecule has 3 rings (SSSR count). The Hall–Kier alpha value is -1.36. The molecule has 0 saturated heterocycles. The van der Waals surface area contributed by atoms with Crippen molar-refractivity contribution < 1.29 is 4.79 Å². The van der Waals surface area contributed by atoms with Gasteiger partial charge in [0.25, 0.3) is 0 Å². The summed E-state index contributed by atoms with van der Waals surface area (Å²) in [5.74, 6) is 0.162. The molecule has 17 heavy (non-hydrogen) atoms. The minimum absolute atomic E-state index is 0.162. The Morgan fingerprint density at radius 1 is 1.41 bits per heavy atom. The highest BCUT2D eigenvalue weighted by Gasteiger charge is 2.24. The number of hydrogen-bond donors (Lipinski definition) is 0. The molecule has 4 nitrogen and oxygen atoms in total. The fourth-order valence-electron chi connectivity index (χ4n) is 2.40. The summed E-state index contributed by atoms with van der Waals surface area (Å²) >= 11 is 1.71. The number of amides is 1. The van der Waals surface area contributed by atoms with Crippen LogP contribution in [0.4, 0.5) is 0 Å². The van der Waals surface area contributed by atoms with Crippen molar-refractivity contribution in [1.82, 2.24) is 14.3 Å². The molecule has 0 N–H and O–H groups in total. The molecule has 5 heteroatoms. The van der Waals surface area contributed by atoms with Crippen LogP contribution < -0.4 is 0 Å². The van der Waals surface area contributed by atoms with E-state index < -0.39 is 0 Å². The number of fused-ring (bicyclic) bond motifs is 3. The Kier molecular flexibility index (Phi) is 2.26. The Balaban J connectivity index is 2.12. The van der Waals surface area contributed by atoms with Gasteiger partial charge >= 0.3 is 0 Å². The van der Waals surface area contributed by atoms with Gasteiger partial charge in [-0.2, -0.15) is 0 Å². The van der Waals surface area contributed by atoms with Crippen LogP contribution >= 0.6 is 11.3 Å². The number of hydrogen-bond acceptors (Lipinski definition) is 3. The largest absolute Gasteiger partial charge is 0.337 e. The molecular formula is C12H15N3OS. The van der Waals surface area contributed by atoms with Gasteiger partial charge in [-0.25, -0.2) is 4.98 Å². The van der Waals surface area contributed by atoms with Crippen LogP contribution in [-0.4, -0.2) is 26.7 Å². The van der Waals surface area contributed by atoms with E-state index >= 15 is 0 Å². The van der Waals surface area contributed by atoms with Crippen LogP contribution in [0.1, 0.15) is 28.9 Å². The van der Waals surface area contributed by atoms with E-state index in [-0.39, 0.29) is 5.91 Å². The molecule has 90 valence electrons. The molecule has 3 heterocycles. The van der Waals surface area contributed by atoms with E-state index in [0.717, 1.165) is 30.2 Å². The summed E-state index contributed by atoms with van der Waals surface area (Å²) < 4.78 is 2.26. The Morgan fingerprint density at radius 3 is 2.88 bits per heavy atom. The maximum Gasteiger partial charge on any atom is 0.219 e. The average Bonchev–Trinajstić information content (AvgIpc) is 2.76. The van der Waals surface area contributed by atoms with E-state index in [9.17, 15) is 4.79 Å². The van der Waals surface area contributed by atoms with Crippen LogP contribution in [0.3, 0.4) is 0 Å². The van der Waals surface area contributed by atoms with Gasteiger partial charge < -0.3 is 4.90 Å². The lowest BCUT2D eigenvalue weighted by Crippen LogP contribution is -2.34. The highest BCUT2D eigenvalue weighted by Crippen LogP contribution is 2.30.